The van der Waals surface area contributed by atoms with Crippen LogP contribution in [0.5, 0.6) is 0 Å². The molecule has 0 N–H and O–H groups in total. The Labute approximate surface area is 320 Å². The van der Waals surface area contributed by atoms with Crippen LogP contribution in [-0.2, 0) is 0 Å². The Balaban J connectivity index is 1.10. The fourth-order valence-corrected chi connectivity index (χ4v) is 8.91. The Morgan fingerprint density at radius 2 is 0.836 bits per heavy atom. The number of hydrogen-bond donors (Lipinski definition) is 0. The molecule has 1 aliphatic carbocycles. The lowest BCUT2D eigenvalue weighted by molar-refractivity contribution is 1.25. The molecule has 1 heterocycles. The summed E-state index contributed by atoms with van der Waals surface area (Å²) >= 11 is 0. The summed E-state index contributed by atoms with van der Waals surface area (Å²) in [6.45, 7) is 0. The lowest BCUT2D eigenvalue weighted by Crippen LogP contribution is -2.09. The number of pyridine rings is 1. The molecule has 1 aromatic heterocycles. The van der Waals surface area contributed by atoms with Crippen LogP contribution >= 0.6 is 0 Å². The normalized spacial score (nSPS) is 11.6. The van der Waals surface area contributed by atoms with Crippen molar-refractivity contribution in [3.05, 3.63) is 207 Å². The van der Waals surface area contributed by atoms with Gasteiger partial charge in [0.15, 0.2) is 0 Å². The number of fused-ring (bicyclic) bond motifs is 5. The number of benzene rings is 9. The van der Waals surface area contributed by atoms with Crippen LogP contribution in [0.4, 0.5) is 17.1 Å². The van der Waals surface area contributed by atoms with Gasteiger partial charge in [0.1, 0.15) is 0 Å². The molecular formula is C53H34N2. The average molecular weight is 699 g/mol. The summed E-state index contributed by atoms with van der Waals surface area (Å²) in [6, 6.07) is 70.8. The molecule has 0 saturated heterocycles. The van der Waals surface area contributed by atoms with Gasteiger partial charge in [0.2, 0.25) is 0 Å². The second-order valence-electron chi connectivity index (χ2n) is 14.3. The first-order chi connectivity index (χ1) is 27.3. The van der Waals surface area contributed by atoms with Gasteiger partial charge in [0.25, 0.3) is 0 Å². The maximum atomic E-state index is 4.32. The molecule has 0 amide bonds. The van der Waals surface area contributed by atoms with Crippen LogP contribution in [0.3, 0.4) is 0 Å². The lowest BCUT2D eigenvalue weighted by Gasteiger charge is -2.26. The van der Waals surface area contributed by atoms with Crippen LogP contribution in [0.1, 0.15) is 0 Å². The van der Waals surface area contributed by atoms with Crippen molar-refractivity contribution in [1.82, 2.24) is 4.98 Å². The minimum Gasteiger partial charge on any atom is -0.310 e. The quantitative estimate of drug-likeness (QED) is 0.172. The molecule has 2 nitrogen and oxygen atoms in total. The predicted molar refractivity (Wildman–Crippen MR) is 232 cm³/mol. The van der Waals surface area contributed by atoms with E-state index in [0.717, 1.165) is 17.1 Å². The van der Waals surface area contributed by atoms with Gasteiger partial charge in [-0.25, -0.2) is 0 Å². The first kappa shape index (κ1) is 31.3. The number of rotatable bonds is 6. The standard InChI is InChI=1S/C53H34N2/c1-3-13-37(14-4-1)49-45-18-9-10-19-46(45)50(38-15-5-2-6-16-38)53-48-29-28-43(44-20-11-21-47(51(44)48)52(49)53)36-23-25-40(26-24-36)55(41-30-32-54-33-31-41)42-27-22-35-12-7-8-17-39(35)34-42/h1-34H. The van der Waals surface area contributed by atoms with Crippen LogP contribution in [0.2, 0.25) is 0 Å². The number of anilines is 3. The number of hydrogen-bond acceptors (Lipinski definition) is 2. The van der Waals surface area contributed by atoms with Gasteiger partial charge < -0.3 is 4.90 Å². The van der Waals surface area contributed by atoms with E-state index in [0.29, 0.717) is 0 Å². The highest BCUT2D eigenvalue weighted by molar-refractivity contribution is 6.28. The van der Waals surface area contributed by atoms with Crippen molar-refractivity contribution in [1.29, 1.82) is 0 Å². The van der Waals surface area contributed by atoms with Crippen molar-refractivity contribution in [2.75, 3.05) is 4.90 Å². The third-order valence-electron chi connectivity index (χ3n) is 11.3. The molecule has 0 radical (unpaired) electrons. The highest BCUT2D eigenvalue weighted by Crippen LogP contribution is 2.58. The van der Waals surface area contributed by atoms with Gasteiger partial charge in [-0.3, -0.25) is 4.98 Å². The monoisotopic (exact) mass is 698 g/mol. The highest BCUT2D eigenvalue weighted by Gasteiger charge is 2.31. The third kappa shape index (κ3) is 5.00. The Morgan fingerprint density at radius 3 is 1.51 bits per heavy atom. The minimum atomic E-state index is 1.07. The zero-order valence-corrected chi connectivity index (χ0v) is 30.0. The smallest absolute Gasteiger partial charge is 0.0492 e. The van der Waals surface area contributed by atoms with Gasteiger partial charge in [0.05, 0.1) is 0 Å². The average Bonchev–Trinajstić information content (AvgIpc) is 3.59. The summed E-state index contributed by atoms with van der Waals surface area (Å²) in [7, 11) is 0. The molecule has 10 aromatic rings. The minimum absolute atomic E-state index is 1.07. The molecule has 2 heteroatoms. The van der Waals surface area contributed by atoms with Gasteiger partial charge in [0, 0.05) is 29.5 Å². The largest absolute Gasteiger partial charge is 0.310 e. The molecule has 0 atom stereocenters. The molecule has 0 bridgehead atoms. The summed E-state index contributed by atoms with van der Waals surface area (Å²) in [5, 5.41) is 7.57. The van der Waals surface area contributed by atoms with Crippen molar-refractivity contribution < 1.29 is 0 Å². The second-order valence-corrected chi connectivity index (χ2v) is 14.3. The fraction of sp³-hybridized carbons (Fsp3) is 0. The molecule has 1 aliphatic rings. The van der Waals surface area contributed by atoms with Gasteiger partial charge in [-0.1, -0.05) is 158 Å². The second kappa shape index (κ2) is 12.7. The van der Waals surface area contributed by atoms with E-state index in [4.69, 9.17) is 0 Å². The van der Waals surface area contributed by atoms with Crippen LogP contribution in [0.15, 0.2) is 207 Å². The van der Waals surface area contributed by atoms with Crippen LogP contribution in [-0.4, -0.2) is 4.98 Å². The van der Waals surface area contributed by atoms with Crippen LogP contribution in [0, 0.1) is 0 Å². The Bertz CT molecular complexity index is 2970. The van der Waals surface area contributed by atoms with E-state index in [1.54, 1.807) is 0 Å². The topological polar surface area (TPSA) is 16.1 Å². The van der Waals surface area contributed by atoms with Gasteiger partial charge in [-0.2, -0.15) is 0 Å². The summed E-state index contributed by atoms with van der Waals surface area (Å²) in [5.74, 6) is 0. The fourth-order valence-electron chi connectivity index (χ4n) is 8.91. The molecule has 55 heavy (non-hydrogen) atoms. The van der Waals surface area contributed by atoms with Crippen molar-refractivity contribution in [3.63, 3.8) is 0 Å². The summed E-state index contributed by atoms with van der Waals surface area (Å²) in [4.78, 5) is 6.62. The van der Waals surface area contributed by atoms with Gasteiger partial charge >= 0.3 is 0 Å². The van der Waals surface area contributed by atoms with E-state index in [2.05, 4.69) is 204 Å². The first-order valence-corrected chi connectivity index (χ1v) is 18.9. The van der Waals surface area contributed by atoms with Crippen LogP contribution < -0.4 is 4.90 Å². The molecule has 256 valence electrons. The summed E-state index contributed by atoms with van der Waals surface area (Å²) in [5.41, 5.74) is 16.0. The van der Waals surface area contributed by atoms with E-state index >= 15 is 0 Å². The van der Waals surface area contributed by atoms with Crippen molar-refractivity contribution >= 4 is 49.4 Å². The predicted octanol–water partition coefficient (Wildman–Crippen LogP) is 14.7. The molecule has 0 aliphatic heterocycles. The molecule has 0 spiro atoms. The van der Waals surface area contributed by atoms with E-state index < -0.39 is 0 Å². The molecule has 0 unspecified atom stereocenters. The highest BCUT2D eigenvalue weighted by atomic mass is 15.1. The Hall–Kier alpha value is -7.29. The molecular weight excluding hydrogens is 665 g/mol. The third-order valence-corrected chi connectivity index (χ3v) is 11.3. The van der Waals surface area contributed by atoms with Gasteiger partial charge in [-0.05, 0) is 124 Å². The zero-order valence-electron chi connectivity index (χ0n) is 30.0. The van der Waals surface area contributed by atoms with Gasteiger partial charge in [-0.15, -0.1) is 0 Å². The molecule has 11 rings (SSSR count). The van der Waals surface area contributed by atoms with E-state index in [-0.39, 0.29) is 0 Å². The van der Waals surface area contributed by atoms with E-state index in [1.165, 1.54) is 88.0 Å². The number of aromatic nitrogens is 1. The maximum Gasteiger partial charge on any atom is 0.0492 e. The summed E-state index contributed by atoms with van der Waals surface area (Å²) < 4.78 is 0. The SMILES string of the molecule is c1ccc(-c2c3c(c(-c4ccccc4)c4ccccc24)-c2ccc(-c4ccc(N(c5ccncc5)c5ccc6ccccc6c5)cc4)c4cccc-3c24)cc1. The molecule has 0 saturated carbocycles. The molecule has 9 aromatic carbocycles. The first-order valence-electron chi connectivity index (χ1n) is 18.9. The lowest BCUT2D eigenvalue weighted by atomic mass is 9.82. The van der Waals surface area contributed by atoms with Crippen molar-refractivity contribution in [2.45, 2.75) is 0 Å². The molecule has 0 fully saturated rings. The van der Waals surface area contributed by atoms with E-state index in [1.807, 2.05) is 12.4 Å². The maximum absolute atomic E-state index is 4.32. The summed E-state index contributed by atoms with van der Waals surface area (Å²) in [6.07, 6.45) is 3.72. The van der Waals surface area contributed by atoms with Crippen molar-refractivity contribution in [2.24, 2.45) is 0 Å². The number of nitrogens with zero attached hydrogens (tertiary/aromatic N) is 2. The zero-order chi connectivity index (χ0) is 36.3. The van der Waals surface area contributed by atoms with Crippen molar-refractivity contribution in [3.8, 4) is 55.6 Å². The van der Waals surface area contributed by atoms with E-state index in [9.17, 15) is 0 Å². The Kier molecular flexibility index (Phi) is 7.21. The Morgan fingerprint density at radius 1 is 0.309 bits per heavy atom. The van der Waals surface area contributed by atoms with Crippen LogP contribution in [0.25, 0.3) is 88.0 Å².